The summed E-state index contributed by atoms with van der Waals surface area (Å²) in [6, 6.07) is 8.76. The number of H-pyrrole nitrogens is 1. The lowest BCUT2D eigenvalue weighted by atomic mass is 9.98. The molecule has 0 amide bonds. The third-order valence-corrected chi connectivity index (χ3v) is 3.53. The van der Waals surface area contributed by atoms with E-state index in [4.69, 9.17) is 5.73 Å². The molecular weight excluding hydrogens is 309 g/mol. The van der Waals surface area contributed by atoms with Crippen molar-refractivity contribution in [3.05, 3.63) is 58.4 Å². The summed E-state index contributed by atoms with van der Waals surface area (Å²) in [5, 5.41) is 9.53. The van der Waals surface area contributed by atoms with Crippen LogP contribution in [0.25, 0.3) is 22.0 Å². The van der Waals surface area contributed by atoms with E-state index >= 15 is 0 Å². The van der Waals surface area contributed by atoms with Gasteiger partial charge >= 0.3 is 6.18 Å². The fourth-order valence-electron chi connectivity index (χ4n) is 2.42. The van der Waals surface area contributed by atoms with Gasteiger partial charge in [0.05, 0.1) is 5.56 Å². The van der Waals surface area contributed by atoms with E-state index in [0.717, 1.165) is 12.1 Å². The maximum atomic E-state index is 12.9. The zero-order valence-corrected chi connectivity index (χ0v) is 11.6. The van der Waals surface area contributed by atoms with Crippen molar-refractivity contribution in [2.45, 2.75) is 6.18 Å². The van der Waals surface area contributed by atoms with Crippen LogP contribution >= 0.6 is 0 Å². The summed E-state index contributed by atoms with van der Waals surface area (Å²) < 4.78 is 38.8. The highest BCUT2D eigenvalue weighted by atomic mass is 19.4. The average molecular weight is 320 g/mol. The largest absolute Gasteiger partial charge is 0.508 e. The first-order valence-corrected chi connectivity index (χ1v) is 6.59. The number of alkyl halides is 3. The zero-order valence-electron chi connectivity index (χ0n) is 11.6. The van der Waals surface area contributed by atoms with E-state index in [1.165, 1.54) is 30.3 Å². The average Bonchev–Trinajstić information content (AvgIpc) is 2.48. The van der Waals surface area contributed by atoms with Crippen molar-refractivity contribution < 1.29 is 18.3 Å². The molecule has 3 rings (SSSR count). The fraction of sp³-hybridized carbons (Fsp3) is 0.0625. The van der Waals surface area contributed by atoms with E-state index in [-0.39, 0.29) is 27.9 Å². The molecule has 0 aliphatic heterocycles. The Bertz CT molecular complexity index is 944. The molecular formula is C16H11F3N2O2. The second-order valence-electron chi connectivity index (χ2n) is 5.05. The number of nitrogens with two attached hydrogens (primary N) is 1. The van der Waals surface area contributed by atoms with E-state index in [1.54, 1.807) is 0 Å². The molecule has 0 bridgehead atoms. The molecule has 2 aromatic carbocycles. The topological polar surface area (TPSA) is 79.1 Å². The van der Waals surface area contributed by atoms with Crippen LogP contribution in [0.2, 0.25) is 0 Å². The van der Waals surface area contributed by atoms with Crippen molar-refractivity contribution in [1.29, 1.82) is 0 Å². The van der Waals surface area contributed by atoms with Crippen LogP contribution in [0.5, 0.6) is 5.75 Å². The van der Waals surface area contributed by atoms with Gasteiger partial charge in [-0.3, -0.25) is 4.79 Å². The Labute approximate surface area is 128 Å². The summed E-state index contributed by atoms with van der Waals surface area (Å²) in [5.41, 5.74) is 5.09. The number of aromatic hydroxyl groups is 1. The predicted octanol–water partition coefficient (Wildman–Crippen LogP) is 3.50. The Morgan fingerprint density at radius 3 is 2.30 bits per heavy atom. The molecule has 0 saturated heterocycles. The lowest BCUT2D eigenvalue weighted by Crippen LogP contribution is -2.14. The molecule has 23 heavy (non-hydrogen) atoms. The molecule has 4 N–H and O–H groups in total. The van der Waals surface area contributed by atoms with Crippen molar-refractivity contribution >= 4 is 16.6 Å². The normalized spacial score (nSPS) is 11.8. The summed E-state index contributed by atoms with van der Waals surface area (Å²) in [4.78, 5) is 14.4. The van der Waals surface area contributed by atoms with Crippen molar-refractivity contribution in [2.24, 2.45) is 0 Å². The molecule has 3 aromatic rings. The Kier molecular flexibility index (Phi) is 3.28. The van der Waals surface area contributed by atoms with Crippen molar-refractivity contribution in [2.75, 3.05) is 5.73 Å². The lowest BCUT2D eigenvalue weighted by Gasteiger charge is -2.13. The number of benzene rings is 2. The molecule has 0 fully saturated rings. The van der Waals surface area contributed by atoms with E-state index in [2.05, 4.69) is 4.98 Å². The summed E-state index contributed by atoms with van der Waals surface area (Å²) in [6.45, 7) is 0. The van der Waals surface area contributed by atoms with Crippen molar-refractivity contribution in [3.63, 3.8) is 0 Å². The highest BCUT2D eigenvalue weighted by Crippen LogP contribution is 2.36. The van der Waals surface area contributed by atoms with Crippen LogP contribution in [0, 0.1) is 0 Å². The number of hydrogen-bond acceptors (Lipinski definition) is 3. The molecule has 0 unspecified atom stereocenters. The second kappa shape index (κ2) is 5.05. The van der Waals surface area contributed by atoms with Gasteiger partial charge in [0.2, 0.25) is 0 Å². The molecule has 0 aliphatic rings. The van der Waals surface area contributed by atoms with Gasteiger partial charge in [-0.25, -0.2) is 0 Å². The molecule has 0 radical (unpaired) electrons. The molecule has 1 heterocycles. The monoisotopic (exact) mass is 320 g/mol. The van der Waals surface area contributed by atoms with Gasteiger partial charge in [-0.05, 0) is 35.9 Å². The van der Waals surface area contributed by atoms with Gasteiger partial charge in [0.15, 0.2) is 0 Å². The van der Waals surface area contributed by atoms with Gasteiger partial charge in [0, 0.05) is 16.5 Å². The smallest absolute Gasteiger partial charge is 0.416 e. The minimum absolute atomic E-state index is 0.00236. The summed E-state index contributed by atoms with van der Waals surface area (Å²) in [6.07, 6.45) is -4.51. The predicted molar refractivity (Wildman–Crippen MR) is 81.1 cm³/mol. The summed E-state index contributed by atoms with van der Waals surface area (Å²) in [7, 11) is 0. The number of halogens is 3. The highest BCUT2D eigenvalue weighted by molar-refractivity contribution is 6.00. The maximum absolute atomic E-state index is 12.9. The maximum Gasteiger partial charge on any atom is 0.416 e. The minimum atomic E-state index is -4.51. The van der Waals surface area contributed by atoms with Crippen LogP contribution in [-0.4, -0.2) is 10.1 Å². The third-order valence-electron chi connectivity index (χ3n) is 3.53. The van der Waals surface area contributed by atoms with Gasteiger partial charge < -0.3 is 15.8 Å². The number of anilines is 1. The number of fused-ring (bicyclic) bond motifs is 1. The van der Waals surface area contributed by atoms with Crippen LogP contribution in [0.15, 0.2) is 47.3 Å². The van der Waals surface area contributed by atoms with E-state index in [9.17, 15) is 23.1 Å². The number of hydrogen-bond donors (Lipinski definition) is 3. The van der Waals surface area contributed by atoms with E-state index in [1.807, 2.05) is 0 Å². The van der Waals surface area contributed by atoms with Crippen LogP contribution in [0.3, 0.4) is 0 Å². The first-order chi connectivity index (χ1) is 10.8. The molecule has 0 atom stereocenters. The van der Waals surface area contributed by atoms with Gasteiger partial charge in [0.1, 0.15) is 11.4 Å². The number of aromatic amines is 1. The van der Waals surface area contributed by atoms with Gasteiger partial charge in [0.25, 0.3) is 5.56 Å². The Morgan fingerprint density at radius 1 is 1.04 bits per heavy atom. The molecule has 1 aromatic heterocycles. The van der Waals surface area contributed by atoms with Crippen molar-refractivity contribution in [3.8, 4) is 16.9 Å². The highest BCUT2D eigenvalue weighted by Gasteiger charge is 2.31. The number of rotatable bonds is 1. The van der Waals surface area contributed by atoms with Gasteiger partial charge in [-0.2, -0.15) is 13.2 Å². The van der Waals surface area contributed by atoms with E-state index in [0.29, 0.717) is 5.56 Å². The molecule has 0 aliphatic carbocycles. The molecule has 0 saturated carbocycles. The molecule has 118 valence electrons. The van der Waals surface area contributed by atoms with Crippen molar-refractivity contribution in [1.82, 2.24) is 4.98 Å². The lowest BCUT2D eigenvalue weighted by molar-refractivity contribution is -0.137. The first kappa shape index (κ1) is 15.0. The summed E-state index contributed by atoms with van der Waals surface area (Å²) >= 11 is 0. The van der Waals surface area contributed by atoms with E-state index < -0.39 is 17.3 Å². The first-order valence-electron chi connectivity index (χ1n) is 6.59. The third kappa shape index (κ3) is 2.61. The van der Waals surface area contributed by atoms with Crippen LogP contribution in [-0.2, 0) is 6.18 Å². The number of phenolic OH excluding ortho intramolecular Hbond substituents is 1. The molecule has 0 spiro atoms. The number of nitrogen functional groups attached to an aromatic ring is 1. The number of phenols is 1. The number of aromatic nitrogens is 1. The Morgan fingerprint density at radius 2 is 1.70 bits per heavy atom. The Balaban J connectivity index is 2.39. The minimum Gasteiger partial charge on any atom is -0.508 e. The zero-order chi connectivity index (χ0) is 16.8. The van der Waals surface area contributed by atoms with Crippen LogP contribution in [0.4, 0.5) is 18.9 Å². The standard InChI is InChI=1S/C16H11F3N2O2/c17-16(18,19)9-3-6-12-11(7-9)13(14(20)15(23)21-12)8-1-4-10(22)5-2-8/h1-7,22H,20H2,(H,21,23). The molecule has 7 heteroatoms. The van der Waals surface area contributed by atoms with Crippen LogP contribution in [0.1, 0.15) is 5.56 Å². The Hall–Kier alpha value is -2.96. The fourth-order valence-corrected chi connectivity index (χ4v) is 2.42. The summed E-state index contributed by atoms with van der Waals surface area (Å²) in [5.74, 6) is -0.00236. The number of nitrogens with one attached hydrogen (secondary N) is 1. The number of pyridine rings is 1. The SMILES string of the molecule is Nc1c(-c2ccc(O)cc2)c2cc(C(F)(F)F)ccc2[nH]c1=O. The van der Waals surface area contributed by atoms with Gasteiger partial charge in [-0.15, -0.1) is 0 Å². The van der Waals surface area contributed by atoms with Crippen LogP contribution < -0.4 is 11.3 Å². The van der Waals surface area contributed by atoms with Gasteiger partial charge in [-0.1, -0.05) is 12.1 Å². The quantitative estimate of drug-likeness (QED) is 0.642. The second-order valence-corrected chi connectivity index (χ2v) is 5.05. The molecule has 4 nitrogen and oxygen atoms in total.